The molecule has 18 heavy (non-hydrogen) atoms. The van der Waals surface area contributed by atoms with Gasteiger partial charge in [-0.2, -0.15) is 5.10 Å². The fraction of sp³-hybridized carbons (Fsp3) is 0.0769. The van der Waals surface area contributed by atoms with Crippen LogP contribution in [0, 0.1) is 0 Å². The predicted octanol–water partition coefficient (Wildman–Crippen LogP) is 2.24. The highest BCUT2D eigenvalue weighted by Gasteiger charge is 2.04. The first kappa shape index (κ1) is 11.9. The van der Waals surface area contributed by atoms with Gasteiger partial charge in [-0.1, -0.05) is 6.07 Å². The number of nitrogens with zero attached hydrogens (tertiary/aromatic N) is 2. The van der Waals surface area contributed by atoms with Gasteiger partial charge in [0.1, 0.15) is 0 Å². The highest BCUT2D eigenvalue weighted by atomic mass is 16.5. The number of phenolic OH excluding ortho intramolecular Hbond substituents is 1. The molecule has 0 aliphatic rings. The number of phenols is 1. The molecule has 0 saturated carbocycles. The van der Waals surface area contributed by atoms with Crippen molar-refractivity contribution in [3.05, 3.63) is 48.3 Å². The van der Waals surface area contributed by atoms with Crippen LogP contribution in [-0.4, -0.2) is 23.4 Å². The molecule has 0 radical (unpaired) electrons. The Labute approximate surface area is 105 Å². The number of hydrogen-bond donors (Lipinski definition) is 2. The van der Waals surface area contributed by atoms with E-state index in [4.69, 9.17) is 4.74 Å². The first-order chi connectivity index (χ1) is 8.81. The summed E-state index contributed by atoms with van der Waals surface area (Å²) in [6, 6.07) is 8.80. The Hall–Kier alpha value is -2.56. The molecule has 92 valence electrons. The quantitative estimate of drug-likeness (QED) is 0.638. The lowest BCUT2D eigenvalue weighted by Crippen LogP contribution is -1.92. The Morgan fingerprint density at radius 1 is 1.28 bits per heavy atom. The van der Waals surface area contributed by atoms with E-state index in [0.717, 1.165) is 5.69 Å². The van der Waals surface area contributed by atoms with Crippen LogP contribution in [-0.2, 0) is 0 Å². The Kier molecular flexibility index (Phi) is 3.76. The Bertz CT molecular complexity index is 541. The number of rotatable bonds is 4. The topological polar surface area (TPSA) is 66.7 Å². The van der Waals surface area contributed by atoms with Gasteiger partial charge in [-0.3, -0.25) is 10.4 Å². The van der Waals surface area contributed by atoms with Gasteiger partial charge in [-0.15, -0.1) is 0 Å². The van der Waals surface area contributed by atoms with Crippen LogP contribution in [0.4, 0.5) is 5.69 Å². The van der Waals surface area contributed by atoms with E-state index in [-0.39, 0.29) is 5.75 Å². The molecule has 1 aromatic heterocycles. The largest absolute Gasteiger partial charge is 0.504 e. The molecule has 0 amide bonds. The monoisotopic (exact) mass is 243 g/mol. The fourth-order valence-corrected chi connectivity index (χ4v) is 1.41. The van der Waals surface area contributed by atoms with Crippen LogP contribution in [0.3, 0.4) is 0 Å². The van der Waals surface area contributed by atoms with Crippen molar-refractivity contribution in [1.82, 2.24) is 4.98 Å². The standard InChI is InChI=1S/C13H13N3O2/c1-18-12-4-2-3-10(13(12)17)9-15-16-11-5-7-14-8-6-11/h2-9,17H,1H3,(H,14,16)/b15-9+. The molecular weight excluding hydrogens is 230 g/mol. The molecule has 2 rings (SSSR count). The molecule has 1 aromatic carbocycles. The van der Waals surface area contributed by atoms with E-state index >= 15 is 0 Å². The first-order valence-corrected chi connectivity index (χ1v) is 5.36. The lowest BCUT2D eigenvalue weighted by Gasteiger charge is -2.05. The molecular formula is C13H13N3O2. The van der Waals surface area contributed by atoms with E-state index in [2.05, 4.69) is 15.5 Å². The summed E-state index contributed by atoms with van der Waals surface area (Å²) in [7, 11) is 1.51. The summed E-state index contributed by atoms with van der Waals surface area (Å²) in [5.74, 6) is 0.489. The normalized spacial score (nSPS) is 10.5. The van der Waals surface area contributed by atoms with E-state index in [1.165, 1.54) is 13.3 Å². The van der Waals surface area contributed by atoms with E-state index in [1.54, 1.807) is 42.7 Å². The summed E-state index contributed by atoms with van der Waals surface area (Å²) in [5.41, 5.74) is 4.24. The highest BCUT2D eigenvalue weighted by molar-refractivity contribution is 5.85. The Balaban J connectivity index is 2.10. The van der Waals surface area contributed by atoms with Crippen LogP contribution in [0.15, 0.2) is 47.8 Å². The van der Waals surface area contributed by atoms with E-state index in [1.807, 2.05) is 0 Å². The van der Waals surface area contributed by atoms with Gasteiger partial charge in [-0.05, 0) is 24.3 Å². The van der Waals surface area contributed by atoms with Crippen molar-refractivity contribution < 1.29 is 9.84 Å². The molecule has 2 aromatic rings. The minimum Gasteiger partial charge on any atom is -0.504 e. The molecule has 0 aliphatic heterocycles. The number of aromatic hydroxyl groups is 1. The molecule has 2 N–H and O–H groups in total. The Morgan fingerprint density at radius 3 is 2.78 bits per heavy atom. The van der Waals surface area contributed by atoms with Crippen LogP contribution >= 0.6 is 0 Å². The van der Waals surface area contributed by atoms with Gasteiger partial charge in [0.05, 0.1) is 19.0 Å². The van der Waals surface area contributed by atoms with Crippen molar-refractivity contribution in [1.29, 1.82) is 0 Å². The molecule has 0 bridgehead atoms. The average molecular weight is 243 g/mol. The van der Waals surface area contributed by atoms with Crippen molar-refractivity contribution in [2.45, 2.75) is 0 Å². The molecule has 0 fully saturated rings. The van der Waals surface area contributed by atoms with Crippen molar-refractivity contribution in [2.75, 3.05) is 12.5 Å². The summed E-state index contributed by atoms with van der Waals surface area (Å²) in [4.78, 5) is 3.90. The fourth-order valence-electron chi connectivity index (χ4n) is 1.41. The zero-order valence-corrected chi connectivity index (χ0v) is 9.87. The van der Waals surface area contributed by atoms with Crippen LogP contribution in [0.5, 0.6) is 11.5 Å². The zero-order chi connectivity index (χ0) is 12.8. The minimum atomic E-state index is 0.0697. The number of nitrogens with one attached hydrogen (secondary N) is 1. The van der Waals surface area contributed by atoms with Crippen molar-refractivity contribution >= 4 is 11.9 Å². The van der Waals surface area contributed by atoms with Gasteiger partial charge in [0.25, 0.3) is 0 Å². The van der Waals surface area contributed by atoms with E-state index < -0.39 is 0 Å². The maximum absolute atomic E-state index is 9.83. The highest BCUT2D eigenvalue weighted by Crippen LogP contribution is 2.27. The smallest absolute Gasteiger partial charge is 0.166 e. The summed E-state index contributed by atoms with van der Waals surface area (Å²) in [6.45, 7) is 0. The van der Waals surface area contributed by atoms with Crippen LogP contribution in [0.25, 0.3) is 0 Å². The summed E-state index contributed by atoms with van der Waals surface area (Å²) >= 11 is 0. The number of hydrazone groups is 1. The van der Waals surface area contributed by atoms with Crippen molar-refractivity contribution in [3.63, 3.8) is 0 Å². The molecule has 0 aliphatic carbocycles. The molecule has 1 heterocycles. The lowest BCUT2D eigenvalue weighted by atomic mass is 10.2. The second kappa shape index (κ2) is 5.67. The third kappa shape index (κ3) is 2.76. The predicted molar refractivity (Wildman–Crippen MR) is 70.1 cm³/mol. The van der Waals surface area contributed by atoms with Gasteiger partial charge < -0.3 is 9.84 Å². The molecule has 0 unspecified atom stereocenters. The first-order valence-electron chi connectivity index (χ1n) is 5.36. The van der Waals surface area contributed by atoms with Crippen LogP contribution < -0.4 is 10.2 Å². The maximum Gasteiger partial charge on any atom is 0.166 e. The Morgan fingerprint density at radius 2 is 2.06 bits per heavy atom. The second-order valence-electron chi connectivity index (χ2n) is 3.50. The van der Waals surface area contributed by atoms with Crippen LogP contribution in [0.1, 0.15) is 5.56 Å². The molecule has 5 nitrogen and oxygen atoms in total. The van der Waals surface area contributed by atoms with Crippen molar-refractivity contribution in [2.24, 2.45) is 5.10 Å². The number of anilines is 1. The lowest BCUT2D eigenvalue weighted by molar-refractivity contribution is 0.373. The number of para-hydroxylation sites is 1. The summed E-state index contributed by atoms with van der Waals surface area (Å²) in [5, 5.41) is 13.9. The van der Waals surface area contributed by atoms with Gasteiger partial charge in [-0.25, -0.2) is 0 Å². The zero-order valence-electron chi connectivity index (χ0n) is 9.87. The number of benzene rings is 1. The van der Waals surface area contributed by atoms with Crippen LogP contribution in [0.2, 0.25) is 0 Å². The summed E-state index contributed by atoms with van der Waals surface area (Å²) in [6.07, 6.45) is 4.86. The third-order valence-electron chi connectivity index (χ3n) is 2.33. The maximum atomic E-state index is 9.83. The minimum absolute atomic E-state index is 0.0697. The third-order valence-corrected chi connectivity index (χ3v) is 2.33. The molecule has 5 heteroatoms. The van der Waals surface area contributed by atoms with E-state index in [0.29, 0.717) is 11.3 Å². The molecule has 0 spiro atoms. The number of hydrogen-bond acceptors (Lipinski definition) is 5. The number of methoxy groups -OCH3 is 1. The average Bonchev–Trinajstić information content (AvgIpc) is 2.42. The number of aromatic nitrogens is 1. The summed E-state index contributed by atoms with van der Waals surface area (Å²) < 4.78 is 5.01. The molecule has 0 atom stereocenters. The van der Waals surface area contributed by atoms with Gasteiger partial charge in [0.15, 0.2) is 11.5 Å². The number of ether oxygens (including phenoxy) is 1. The SMILES string of the molecule is COc1cccc(/C=N/Nc2ccncc2)c1O. The van der Waals surface area contributed by atoms with Gasteiger partial charge in [0, 0.05) is 18.0 Å². The van der Waals surface area contributed by atoms with E-state index in [9.17, 15) is 5.11 Å². The van der Waals surface area contributed by atoms with Gasteiger partial charge >= 0.3 is 0 Å². The van der Waals surface area contributed by atoms with Crippen molar-refractivity contribution in [3.8, 4) is 11.5 Å². The molecule has 0 saturated heterocycles. The number of pyridine rings is 1. The van der Waals surface area contributed by atoms with Gasteiger partial charge in [0.2, 0.25) is 0 Å². The second-order valence-corrected chi connectivity index (χ2v) is 3.50.